The Kier molecular flexibility index (Phi) is 8.00. The fourth-order valence-electron chi connectivity index (χ4n) is 2.70. The zero-order chi connectivity index (χ0) is 18.3. The fraction of sp³-hybridized carbons (Fsp3) is 0.889. The minimum Gasteiger partial charge on any atom is -0.444 e. The van der Waals surface area contributed by atoms with Gasteiger partial charge in [0, 0.05) is 25.7 Å². The molecule has 0 saturated carbocycles. The van der Waals surface area contributed by atoms with Crippen LogP contribution in [0.4, 0.5) is 4.79 Å². The van der Waals surface area contributed by atoms with Crippen molar-refractivity contribution < 1.29 is 14.3 Å². The first-order chi connectivity index (χ1) is 11.1. The maximum atomic E-state index is 12.0. The van der Waals surface area contributed by atoms with Crippen molar-refractivity contribution in [3.8, 4) is 0 Å². The summed E-state index contributed by atoms with van der Waals surface area (Å²) in [5, 5.41) is 6.24. The predicted octanol–water partition coefficient (Wildman–Crippen LogP) is 2.38. The maximum Gasteiger partial charge on any atom is 0.410 e. The Bertz CT molecular complexity index is 412. The van der Waals surface area contributed by atoms with Crippen molar-refractivity contribution in [1.82, 2.24) is 15.5 Å². The fourth-order valence-corrected chi connectivity index (χ4v) is 2.70. The average Bonchev–Trinajstić information content (AvgIpc) is 2.40. The number of hydrogen-bond acceptors (Lipinski definition) is 4. The number of carbonyl (C=O) groups is 2. The van der Waals surface area contributed by atoms with E-state index < -0.39 is 5.60 Å². The summed E-state index contributed by atoms with van der Waals surface area (Å²) in [4.78, 5) is 25.4. The van der Waals surface area contributed by atoms with Gasteiger partial charge < -0.3 is 20.3 Å². The van der Waals surface area contributed by atoms with Gasteiger partial charge in [-0.2, -0.15) is 0 Å². The standard InChI is InChI=1S/C18H35N3O3/c1-7-8-19-16(22)10-20-15(13(2)3)9-14-11-21(12-14)17(23)24-18(4,5)6/h13-15,20H,7-12H2,1-6H3,(H,19,22). The summed E-state index contributed by atoms with van der Waals surface area (Å²) in [7, 11) is 0. The number of carbonyl (C=O) groups excluding carboxylic acids is 2. The van der Waals surface area contributed by atoms with E-state index in [1.54, 1.807) is 4.90 Å². The molecule has 24 heavy (non-hydrogen) atoms. The lowest BCUT2D eigenvalue weighted by Crippen LogP contribution is -2.54. The SMILES string of the molecule is CCCNC(=O)CNC(CC1CN(C(=O)OC(C)(C)C)C1)C(C)C. The van der Waals surface area contributed by atoms with Gasteiger partial charge in [-0.1, -0.05) is 20.8 Å². The normalized spacial score (nSPS) is 16.7. The highest BCUT2D eigenvalue weighted by molar-refractivity contribution is 5.77. The highest BCUT2D eigenvalue weighted by Gasteiger charge is 2.35. The van der Waals surface area contributed by atoms with E-state index in [9.17, 15) is 9.59 Å². The summed E-state index contributed by atoms with van der Waals surface area (Å²) < 4.78 is 5.38. The Morgan fingerprint density at radius 2 is 1.88 bits per heavy atom. The topological polar surface area (TPSA) is 70.7 Å². The van der Waals surface area contributed by atoms with Gasteiger partial charge in [-0.15, -0.1) is 0 Å². The van der Waals surface area contributed by atoms with Crippen LogP contribution in [0.25, 0.3) is 0 Å². The third-order valence-electron chi connectivity index (χ3n) is 4.10. The number of nitrogens with one attached hydrogen (secondary N) is 2. The summed E-state index contributed by atoms with van der Waals surface area (Å²) in [6.07, 6.45) is 1.69. The Morgan fingerprint density at radius 1 is 1.25 bits per heavy atom. The largest absolute Gasteiger partial charge is 0.444 e. The number of ether oxygens (including phenoxy) is 1. The third kappa shape index (κ3) is 7.51. The molecule has 0 radical (unpaired) electrons. The van der Waals surface area contributed by atoms with Crippen molar-refractivity contribution in [1.29, 1.82) is 0 Å². The van der Waals surface area contributed by atoms with Gasteiger partial charge in [0.1, 0.15) is 5.60 Å². The molecule has 2 N–H and O–H groups in total. The highest BCUT2D eigenvalue weighted by Crippen LogP contribution is 2.25. The van der Waals surface area contributed by atoms with Gasteiger partial charge >= 0.3 is 6.09 Å². The molecule has 6 nitrogen and oxygen atoms in total. The van der Waals surface area contributed by atoms with Crippen molar-refractivity contribution in [3.05, 3.63) is 0 Å². The van der Waals surface area contributed by atoms with Gasteiger partial charge in [-0.3, -0.25) is 4.79 Å². The molecule has 1 heterocycles. The molecule has 0 bridgehead atoms. The number of nitrogens with zero attached hydrogens (tertiary/aromatic N) is 1. The average molecular weight is 341 g/mol. The Labute approximate surface area is 146 Å². The van der Waals surface area contributed by atoms with Crippen LogP contribution in [0, 0.1) is 11.8 Å². The van der Waals surface area contributed by atoms with Crippen LogP contribution in [0.1, 0.15) is 54.4 Å². The Morgan fingerprint density at radius 3 is 2.38 bits per heavy atom. The van der Waals surface area contributed by atoms with Gasteiger partial charge in [-0.25, -0.2) is 4.79 Å². The zero-order valence-electron chi connectivity index (χ0n) is 16.1. The summed E-state index contributed by atoms with van der Waals surface area (Å²) in [5.74, 6) is 0.960. The number of amides is 2. The van der Waals surface area contributed by atoms with Crippen molar-refractivity contribution >= 4 is 12.0 Å². The van der Waals surface area contributed by atoms with Gasteiger partial charge in [-0.05, 0) is 45.4 Å². The van der Waals surface area contributed by atoms with Gasteiger partial charge in [0.05, 0.1) is 6.54 Å². The van der Waals surface area contributed by atoms with Crippen LogP contribution in [-0.4, -0.2) is 54.7 Å². The molecule has 0 aromatic carbocycles. The minimum absolute atomic E-state index is 0.0477. The summed E-state index contributed by atoms with van der Waals surface area (Å²) in [6.45, 7) is 14.5. The molecule has 1 saturated heterocycles. The van der Waals surface area contributed by atoms with Crippen molar-refractivity contribution in [2.45, 2.75) is 66.0 Å². The van der Waals surface area contributed by atoms with E-state index in [4.69, 9.17) is 4.74 Å². The predicted molar refractivity (Wildman–Crippen MR) is 95.8 cm³/mol. The smallest absolute Gasteiger partial charge is 0.410 e. The quantitative estimate of drug-likeness (QED) is 0.711. The summed E-state index contributed by atoms with van der Waals surface area (Å²) in [5.41, 5.74) is -0.448. The molecule has 1 fully saturated rings. The van der Waals surface area contributed by atoms with E-state index in [1.807, 2.05) is 27.7 Å². The molecule has 1 unspecified atom stereocenters. The van der Waals surface area contributed by atoms with Gasteiger partial charge in [0.2, 0.25) is 5.91 Å². The van der Waals surface area contributed by atoms with E-state index in [2.05, 4.69) is 24.5 Å². The van der Waals surface area contributed by atoms with E-state index in [-0.39, 0.29) is 18.0 Å². The Hall–Kier alpha value is -1.30. The second-order valence-corrected chi connectivity index (χ2v) is 8.07. The molecule has 6 heteroatoms. The third-order valence-corrected chi connectivity index (χ3v) is 4.10. The molecule has 0 aromatic rings. The molecular weight excluding hydrogens is 306 g/mol. The van der Waals surface area contributed by atoms with E-state index >= 15 is 0 Å². The zero-order valence-corrected chi connectivity index (χ0v) is 16.1. The van der Waals surface area contributed by atoms with Crippen LogP contribution in [0.5, 0.6) is 0 Å². The maximum absolute atomic E-state index is 12.0. The summed E-state index contributed by atoms with van der Waals surface area (Å²) in [6, 6.07) is 0.281. The van der Waals surface area contributed by atoms with Crippen LogP contribution >= 0.6 is 0 Å². The molecule has 0 aromatic heterocycles. The molecular formula is C18H35N3O3. The van der Waals surface area contributed by atoms with Crippen LogP contribution < -0.4 is 10.6 Å². The first kappa shape index (κ1) is 20.7. The summed E-state index contributed by atoms with van der Waals surface area (Å²) >= 11 is 0. The first-order valence-corrected chi connectivity index (χ1v) is 9.10. The van der Waals surface area contributed by atoms with E-state index in [0.717, 1.165) is 32.5 Å². The van der Waals surface area contributed by atoms with Gasteiger partial charge in [0.15, 0.2) is 0 Å². The van der Waals surface area contributed by atoms with Crippen LogP contribution in [0.15, 0.2) is 0 Å². The van der Waals surface area contributed by atoms with Crippen LogP contribution in [0.2, 0.25) is 0 Å². The number of hydrogen-bond donors (Lipinski definition) is 2. The first-order valence-electron chi connectivity index (χ1n) is 9.10. The molecule has 2 amide bonds. The number of rotatable bonds is 8. The lowest BCUT2D eigenvalue weighted by Gasteiger charge is -2.41. The lowest BCUT2D eigenvalue weighted by atomic mass is 9.88. The van der Waals surface area contributed by atoms with Crippen LogP contribution in [-0.2, 0) is 9.53 Å². The van der Waals surface area contributed by atoms with E-state index in [1.165, 1.54) is 0 Å². The monoisotopic (exact) mass is 341 g/mol. The van der Waals surface area contributed by atoms with Crippen LogP contribution in [0.3, 0.4) is 0 Å². The molecule has 1 atom stereocenters. The van der Waals surface area contributed by atoms with Crippen molar-refractivity contribution in [2.24, 2.45) is 11.8 Å². The molecule has 1 aliphatic rings. The second kappa shape index (κ2) is 9.25. The highest BCUT2D eigenvalue weighted by atomic mass is 16.6. The Balaban J connectivity index is 2.33. The molecule has 0 aliphatic carbocycles. The lowest BCUT2D eigenvalue weighted by molar-refractivity contribution is -0.120. The minimum atomic E-state index is -0.448. The molecule has 1 rings (SSSR count). The molecule has 1 aliphatic heterocycles. The van der Waals surface area contributed by atoms with E-state index in [0.29, 0.717) is 18.4 Å². The molecule has 0 spiro atoms. The van der Waals surface area contributed by atoms with Crippen molar-refractivity contribution in [3.63, 3.8) is 0 Å². The van der Waals surface area contributed by atoms with Gasteiger partial charge in [0.25, 0.3) is 0 Å². The molecule has 140 valence electrons. The van der Waals surface area contributed by atoms with Crippen molar-refractivity contribution in [2.75, 3.05) is 26.2 Å². The second-order valence-electron chi connectivity index (χ2n) is 8.07. The number of likely N-dealkylation sites (tertiary alicyclic amines) is 1.